The molecule has 3 rings (SSSR count). The molecule has 29 heavy (non-hydrogen) atoms. The lowest BCUT2D eigenvalue weighted by Crippen LogP contribution is -2.50. The summed E-state index contributed by atoms with van der Waals surface area (Å²) in [5, 5.41) is 2.93. The number of hydrogen-bond acceptors (Lipinski definition) is 6. The Morgan fingerprint density at radius 1 is 1.24 bits per heavy atom. The van der Waals surface area contributed by atoms with Crippen molar-refractivity contribution in [2.45, 2.75) is 31.2 Å². The molecule has 0 aliphatic carbocycles. The molecule has 0 spiro atoms. The minimum atomic E-state index is -0.507. The van der Waals surface area contributed by atoms with E-state index in [0.29, 0.717) is 30.2 Å². The quantitative estimate of drug-likeness (QED) is 0.710. The Labute approximate surface area is 174 Å². The van der Waals surface area contributed by atoms with Gasteiger partial charge >= 0.3 is 0 Å². The van der Waals surface area contributed by atoms with Gasteiger partial charge in [-0.25, -0.2) is 0 Å². The maximum absolute atomic E-state index is 12.8. The van der Waals surface area contributed by atoms with Crippen LogP contribution in [0.3, 0.4) is 0 Å². The lowest BCUT2D eigenvalue weighted by molar-refractivity contribution is -0.124. The van der Waals surface area contributed by atoms with Crippen molar-refractivity contribution < 1.29 is 23.5 Å². The van der Waals surface area contributed by atoms with Gasteiger partial charge in [0.1, 0.15) is 6.04 Å². The van der Waals surface area contributed by atoms with E-state index in [9.17, 15) is 9.59 Å². The molecule has 1 aliphatic heterocycles. The summed E-state index contributed by atoms with van der Waals surface area (Å²) in [6.45, 7) is 2.48. The van der Waals surface area contributed by atoms with Crippen LogP contribution in [0.5, 0.6) is 11.5 Å². The van der Waals surface area contributed by atoms with Crippen molar-refractivity contribution in [3.05, 3.63) is 47.9 Å². The second kappa shape index (κ2) is 9.73. The molecule has 1 aromatic carbocycles. The lowest BCUT2D eigenvalue weighted by Gasteiger charge is -2.27. The topological polar surface area (TPSA) is 81.0 Å². The van der Waals surface area contributed by atoms with Crippen molar-refractivity contribution in [2.75, 3.05) is 26.5 Å². The van der Waals surface area contributed by atoms with Crippen LogP contribution >= 0.6 is 11.8 Å². The molecule has 1 aromatic heterocycles. The van der Waals surface area contributed by atoms with Crippen molar-refractivity contribution in [3.8, 4) is 11.5 Å². The smallest absolute Gasteiger partial charge is 0.291 e. The average Bonchev–Trinajstić information content (AvgIpc) is 3.42. The third kappa shape index (κ3) is 4.70. The van der Waals surface area contributed by atoms with Crippen molar-refractivity contribution in [2.24, 2.45) is 0 Å². The summed E-state index contributed by atoms with van der Waals surface area (Å²) in [6, 6.07) is 8.49. The van der Waals surface area contributed by atoms with Crippen molar-refractivity contribution >= 4 is 23.6 Å². The van der Waals surface area contributed by atoms with Crippen LogP contribution in [-0.4, -0.2) is 54.6 Å². The zero-order chi connectivity index (χ0) is 20.8. The first-order valence-electron chi connectivity index (χ1n) is 9.55. The van der Waals surface area contributed by atoms with E-state index in [0.717, 1.165) is 12.0 Å². The molecule has 0 bridgehead atoms. The molecule has 1 fully saturated rings. The summed E-state index contributed by atoms with van der Waals surface area (Å²) >= 11 is 1.62. The summed E-state index contributed by atoms with van der Waals surface area (Å²) in [7, 11) is 3.19. The fraction of sp³-hybridized carbons (Fsp3) is 0.429. The Balaban J connectivity index is 1.61. The van der Waals surface area contributed by atoms with Crippen LogP contribution in [0, 0.1) is 0 Å². The second-order valence-electron chi connectivity index (χ2n) is 6.63. The summed E-state index contributed by atoms with van der Waals surface area (Å²) in [6.07, 6.45) is 2.89. The maximum Gasteiger partial charge on any atom is 0.291 e. The summed E-state index contributed by atoms with van der Waals surface area (Å²) in [4.78, 5) is 27.3. The number of carbonyl (C=O) groups is 2. The predicted molar refractivity (Wildman–Crippen MR) is 111 cm³/mol. The number of carbonyl (C=O) groups excluding carboxylic acids is 2. The third-order valence-electron chi connectivity index (χ3n) is 4.87. The maximum atomic E-state index is 12.8. The van der Waals surface area contributed by atoms with Gasteiger partial charge in [0.05, 0.1) is 25.9 Å². The van der Waals surface area contributed by atoms with Crippen LogP contribution < -0.4 is 14.8 Å². The number of nitrogens with one attached hydrogen (secondary N) is 1. The molecular formula is C21H26N2O5S. The molecule has 0 saturated carbocycles. The molecule has 2 heterocycles. The van der Waals surface area contributed by atoms with Gasteiger partial charge in [-0.05, 0) is 42.7 Å². The standard InChI is InChI=1S/C21H26N2O5S/c1-4-19-23(21(25)17-6-5-11-28-17)15(13-29-19)20(24)22-10-9-14-7-8-16(26-2)18(12-14)27-3/h5-8,11-12,15,19H,4,9-10,13H2,1-3H3,(H,22,24). The fourth-order valence-electron chi connectivity index (χ4n) is 3.36. The van der Waals surface area contributed by atoms with E-state index in [4.69, 9.17) is 13.9 Å². The van der Waals surface area contributed by atoms with Crippen LogP contribution in [0.25, 0.3) is 0 Å². The van der Waals surface area contributed by atoms with E-state index in [2.05, 4.69) is 5.32 Å². The van der Waals surface area contributed by atoms with E-state index in [1.807, 2.05) is 25.1 Å². The van der Waals surface area contributed by atoms with Gasteiger partial charge in [0.2, 0.25) is 5.91 Å². The van der Waals surface area contributed by atoms with Crippen LogP contribution in [0.1, 0.15) is 29.5 Å². The van der Waals surface area contributed by atoms with Crippen LogP contribution in [0.4, 0.5) is 0 Å². The van der Waals surface area contributed by atoms with E-state index < -0.39 is 6.04 Å². The largest absolute Gasteiger partial charge is 0.493 e. The highest BCUT2D eigenvalue weighted by Gasteiger charge is 2.41. The van der Waals surface area contributed by atoms with Gasteiger partial charge in [0.15, 0.2) is 17.3 Å². The van der Waals surface area contributed by atoms with Crippen LogP contribution in [-0.2, 0) is 11.2 Å². The third-order valence-corrected chi connectivity index (χ3v) is 6.33. The van der Waals surface area contributed by atoms with Crippen molar-refractivity contribution in [3.63, 3.8) is 0 Å². The zero-order valence-corrected chi connectivity index (χ0v) is 17.7. The predicted octanol–water partition coefficient (Wildman–Crippen LogP) is 2.95. The molecule has 1 saturated heterocycles. The first-order chi connectivity index (χ1) is 14.1. The second-order valence-corrected chi connectivity index (χ2v) is 7.84. The first-order valence-corrected chi connectivity index (χ1v) is 10.6. The number of methoxy groups -OCH3 is 2. The molecule has 1 aliphatic rings. The Morgan fingerprint density at radius 3 is 2.69 bits per heavy atom. The highest BCUT2D eigenvalue weighted by Crippen LogP contribution is 2.33. The van der Waals surface area contributed by atoms with Crippen molar-refractivity contribution in [1.82, 2.24) is 10.2 Å². The van der Waals surface area contributed by atoms with Gasteiger partial charge in [-0.15, -0.1) is 11.8 Å². The Morgan fingerprint density at radius 2 is 2.03 bits per heavy atom. The minimum absolute atomic E-state index is 0.0331. The Bertz CT molecular complexity index is 840. The molecule has 0 radical (unpaired) electrons. The van der Waals surface area contributed by atoms with Gasteiger partial charge in [0, 0.05) is 12.3 Å². The fourth-order valence-corrected chi connectivity index (χ4v) is 4.72. The molecule has 156 valence electrons. The monoisotopic (exact) mass is 418 g/mol. The molecule has 8 heteroatoms. The Hall–Kier alpha value is -2.61. The van der Waals surface area contributed by atoms with Gasteiger partial charge in [0.25, 0.3) is 5.91 Å². The molecule has 7 nitrogen and oxygen atoms in total. The van der Waals surface area contributed by atoms with Gasteiger partial charge in [-0.2, -0.15) is 0 Å². The van der Waals surface area contributed by atoms with Gasteiger partial charge < -0.3 is 24.1 Å². The van der Waals surface area contributed by atoms with E-state index >= 15 is 0 Å². The van der Waals surface area contributed by atoms with E-state index in [1.165, 1.54) is 6.26 Å². The summed E-state index contributed by atoms with van der Waals surface area (Å²) < 4.78 is 15.8. The summed E-state index contributed by atoms with van der Waals surface area (Å²) in [5.74, 6) is 1.77. The SMILES string of the molecule is CCC1SCC(C(=O)NCCc2ccc(OC)c(OC)c2)N1C(=O)c1ccco1. The minimum Gasteiger partial charge on any atom is -0.493 e. The lowest BCUT2D eigenvalue weighted by atomic mass is 10.1. The Kier molecular flexibility index (Phi) is 7.09. The molecule has 2 atom stereocenters. The molecule has 2 amide bonds. The van der Waals surface area contributed by atoms with Gasteiger partial charge in [-0.1, -0.05) is 13.0 Å². The molecule has 1 N–H and O–H groups in total. The molecule has 2 aromatic rings. The number of rotatable bonds is 8. The summed E-state index contributed by atoms with van der Waals surface area (Å²) in [5.41, 5.74) is 1.03. The zero-order valence-electron chi connectivity index (χ0n) is 16.8. The van der Waals surface area contributed by atoms with Gasteiger partial charge in [-0.3, -0.25) is 9.59 Å². The van der Waals surface area contributed by atoms with Crippen LogP contribution in [0.2, 0.25) is 0 Å². The van der Waals surface area contributed by atoms with Crippen LogP contribution in [0.15, 0.2) is 41.0 Å². The first kappa shape index (κ1) is 21.1. The molecule has 2 unspecified atom stereocenters. The number of ether oxygens (including phenoxy) is 2. The average molecular weight is 419 g/mol. The number of furan rings is 1. The number of thioether (sulfide) groups is 1. The highest BCUT2D eigenvalue weighted by molar-refractivity contribution is 8.00. The number of nitrogens with zero attached hydrogens (tertiary/aromatic N) is 1. The highest BCUT2D eigenvalue weighted by atomic mass is 32.2. The number of amides is 2. The van der Waals surface area contributed by atoms with Crippen molar-refractivity contribution in [1.29, 1.82) is 0 Å². The number of benzene rings is 1. The number of hydrogen-bond donors (Lipinski definition) is 1. The molecular weight excluding hydrogens is 392 g/mol. The van der Waals surface area contributed by atoms with E-state index in [-0.39, 0.29) is 22.9 Å². The normalized spacial score (nSPS) is 18.5. The van der Waals surface area contributed by atoms with E-state index in [1.54, 1.807) is 43.0 Å².